The van der Waals surface area contributed by atoms with Gasteiger partial charge in [-0.15, -0.1) is 0 Å². The van der Waals surface area contributed by atoms with Gasteiger partial charge in [-0.3, -0.25) is 0 Å². The number of imidazole rings is 1. The average Bonchev–Trinajstić information content (AvgIpc) is 2.80. The number of nitrogens with two attached hydrogens (primary N) is 1. The van der Waals surface area contributed by atoms with Crippen LogP contribution in [0, 0.1) is 0 Å². The number of benzene rings is 1. The largest absolute Gasteiger partial charge is 0.460 e. The summed E-state index contributed by atoms with van der Waals surface area (Å²) in [6, 6.07) is 5.96. The summed E-state index contributed by atoms with van der Waals surface area (Å²) in [6.45, 7) is 0.781. The van der Waals surface area contributed by atoms with Crippen LogP contribution in [0.1, 0.15) is 5.76 Å². The van der Waals surface area contributed by atoms with Crippen molar-refractivity contribution in [3.63, 3.8) is 0 Å². The number of fused-ring (bicyclic) bond motifs is 3. The zero-order valence-corrected chi connectivity index (χ0v) is 10.8. The summed E-state index contributed by atoms with van der Waals surface area (Å²) in [6.07, 6.45) is 0. The molecule has 5 heteroatoms. The Kier molecular flexibility index (Phi) is 2.31. The first-order chi connectivity index (χ1) is 8.56. The maximum atomic E-state index is 5.84. The molecule has 0 fully saturated rings. The predicted octanol–water partition coefficient (Wildman–Crippen LogP) is 1.96. The van der Waals surface area contributed by atoms with E-state index in [0.29, 0.717) is 5.95 Å². The Balaban J connectivity index is 2.29. The molecule has 3 rings (SSSR count). The van der Waals surface area contributed by atoms with E-state index in [0.717, 1.165) is 34.3 Å². The minimum atomic E-state index is 0.521. The molecular weight excluding hydrogens is 228 g/mol. The third-order valence-electron chi connectivity index (χ3n) is 3.09. The molecule has 2 aromatic heterocycles. The summed E-state index contributed by atoms with van der Waals surface area (Å²) in [4.78, 5) is 6.40. The summed E-state index contributed by atoms with van der Waals surface area (Å²) in [5.41, 5.74) is 8.65. The number of hydrogen-bond acceptors (Lipinski definition) is 4. The number of nitrogens with zero attached hydrogens (tertiary/aromatic N) is 3. The smallest absolute Gasteiger partial charge is 0.200 e. The normalized spacial score (nSPS) is 12.0. The molecule has 2 N–H and O–H groups in total. The van der Waals surface area contributed by atoms with Crippen molar-refractivity contribution in [2.24, 2.45) is 7.05 Å². The Labute approximate surface area is 105 Å². The van der Waals surface area contributed by atoms with Crippen LogP contribution in [0.15, 0.2) is 22.6 Å². The van der Waals surface area contributed by atoms with E-state index in [-0.39, 0.29) is 0 Å². The van der Waals surface area contributed by atoms with Crippen molar-refractivity contribution in [1.29, 1.82) is 0 Å². The lowest BCUT2D eigenvalue weighted by atomic mass is 10.2. The van der Waals surface area contributed by atoms with Gasteiger partial charge in [0.15, 0.2) is 0 Å². The molecule has 0 aliphatic rings. The fourth-order valence-corrected chi connectivity index (χ4v) is 2.28. The number of hydrogen-bond donors (Lipinski definition) is 1. The third-order valence-corrected chi connectivity index (χ3v) is 3.09. The van der Waals surface area contributed by atoms with E-state index in [9.17, 15) is 0 Å². The maximum Gasteiger partial charge on any atom is 0.200 e. The van der Waals surface area contributed by atoms with Crippen LogP contribution >= 0.6 is 0 Å². The second-order valence-corrected chi connectivity index (χ2v) is 4.82. The van der Waals surface area contributed by atoms with Crippen molar-refractivity contribution in [3.05, 3.63) is 24.0 Å². The maximum absolute atomic E-state index is 5.84. The van der Waals surface area contributed by atoms with Crippen molar-refractivity contribution in [3.8, 4) is 0 Å². The fourth-order valence-electron chi connectivity index (χ4n) is 2.28. The summed E-state index contributed by atoms with van der Waals surface area (Å²) >= 11 is 0. The Bertz CT molecular complexity index is 723. The minimum Gasteiger partial charge on any atom is -0.460 e. The molecule has 2 heterocycles. The van der Waals surface area contributed by atoms with E-state index < -0.39 is 0 Å². The number of aryl methyl sites for hydroxylation is 1. The van der Waals surface area contributed by atoms with Gasteiger partial charge in [-0.2, -0.15) is 0 Å². The Morgan fingerprint density at radius 2 is 2.17 bits per heavy atom. The minimum absolute atomic E-state index is 0.521. The van der Waals surface area contributed by atoms with Gasteiger partial charge in [-0.1, -0.05) is 0 Å². The van der Waals surface area contributed by atoms with Crippen LogP contribution in [0.3, 0.4) is 0 Å². The Morgan fingerprint density at radius 3 is 2.89 bits per heavy atom. The Hall–Kier alpha value is -2.01. The molecule has 94 valence electrons. The third kappa shape index (κ3) is 1.55. The summed E-state index contributed by atoms with van der Waals surface area (Å²) in [5, 5.41) is 1.07. The monoisotopic (exact) mass is 244 g/mol. The molecule has 1 aromatic carbocycles. The van der Waals surface area contributed by atoms with Crippen LogP contribution in [-0.4, -0.2) is 28.5 Å². The van der Waals surface area contributed by atoms with E-state index in [1.807, 2.05) is 37.8 Å². The number of anilines is 1. The lowest BCUT2D eigenvalue weighted by Gasteiger charge is -2.04. The standard InChI is InChI=1S/C13H16N4O/c1-16(2)7-8-6-9-11(18-8)5-4-10-12(9)17(3)13(14)15-10/h4-6H,7H2,1-3H3,(H2,14,15). The van der Waals surface area contributed by atoms with Crippen LogP contribution < -0.4 is 5.73 Å². The zero-order valence-electron chi connectivity index (χ0n) is 10.8. The summed E-state index contributed by atoms with van der Waals surface area (Å²) < 4.78 is 7.72. The van der Waals surface area contributed by atoms with E-state index in [1.165, 1.54) is 0 Å². The van der Waals surface area contributed by atoms with Gasteiger partial charge in [-0.05, 0) is 32.3 Å². The Morgan fingerprint density at radius 1 is 1.39 bits per heavy atom. The topological polar surface area (TPSA) is 60.2 Å². The highest BCUT2D eigenvalue weighted by Gasteiger charge is 2.13. The lowest BCUT2D eigenvalue weighted by molar-refractivity contribution is 0.358. The SMILES string of the molecule is CN(C)Cc1cc2c(ccc3nc(N)n(C)c32)o1. The van der Waals surface area contributed by atoms with Gasteiger partial charge in [0.2, 0.25) is 5.95 Å². The van der Waals surface area contributed by atoms with E-state index in [4.69, 9.17) is 10.2 Å². The molecule has 0 amide bonds. The van der Waals surface area contributed by atoms with Gasteiger partial charge >= 0.3 is 0 Å². The first-order valence-electron chi connectivity index (χ1n) is 5.84. The molecule has 0 radical (unpaired) electrons. The first-order valence-corrected chi connectivity index (χ1v) is 5.84. The highest BCUT2D eigenvalue weighted by atomic mass is 16.3. The van der Waals surface area contributed by atoms with Crippen molar-refractivity contribution in [2.45, 2.75) is 6.54 Å². The van der Waals surface area contributed by atoms with Gasteiger partial charge in [-0.25, -0.2) is 4.98 Å². The number of aromatic nitrogens is 2. The number of rotatable bonds is 2. The van der Waals surface area contributed by atoms with E-state index in [2.05, 4.69) is 16.0 Å². The quantitative estimate of drug-likeness (QED) is 0.748. The highest BCUT2D eigenvalue weighted by Crippen LogP contribution is 2.29. The zero-order chi connectivity index (χ0) is 12.9. The molecule has 18 heavy (non-hydrogen) atoms. The second kappa shape index (κ2) is 3.74. The lowest BCUT2D eigenvalue weighted by Crippen LogP contribution is -2.09. The van der Waals surface area contributed by atoms with E-state index >= 15 is 0 Å². The highest BCUT2D eigenvalue weighted by molar-refractivity contribution is 6.03. The van der Waals surface area contributed by atoms with Gasteiger partial charge in [0.25, 0.3) is 0 Å². The van der Waals surface area contributed by atoms with Crippen LogP contribution in [0.4, 0.5) is 5.95 Å². The average molecular weight is 244 g/mol. The van der Waals surface area contributed by atoms with Crippen molar-refractivity contribution < 1.29 is 4.42 Å². The molecule has 0 aliphatic carbocycles. The van der Waals surface area contributed by atoms with Crippen molar-refractivity contribution in [1.82, 2.24) is 14.5 Å². The van der Waals surface area contributed by atoms with Crippen molar-refractivity contribution in [2.75, 3.05) is 19.8 Å². The van der Waals surface area contributed by atoms with Crippen LogP contribution in [0.5, 0.6) is 0 Å². The summed E-state index contributed by atoms with van der Waals surface area (Å²) in [7, 11) is 5.96. The first kappa shape index (κ1) is 11.1. The molecular formula is C13H16N4O. The molecule has 0 bridgehead atoms. The fraction of sp³-hybridized carbons (Fsp3) is 0.308. The molecule has 0 saturated heterocycles. The predicted molar refractivity (Wildman–Crippen MR) is 72.3 cm³/mol. The van der Waals surface area contributed by atoms with Crippen molar-refractivity contribution >= 4 is 28.0 Å². The van der Waals surface area contributed by atoms with Gasteiger partial charge in [0.1, 0.15) is 11.3 Å². The molecule has 0 atom stereocenters. The molecule has 0 spiro atoms. The molecule has 0 saturated carbocycles. The van der Waals surface area contributed by atoms with Crippen LogP contribution in [-0.2, 0) is 13.6 Å². The molecule has 3 aromatic rings. The van der Waals surface area contributed by atoms with Gasteiger partial charge in [0.05, 0.1) is 17.6 Å². The number of nitrogen functional groups attached to an aromatic ring is 1. The van der Waals surface area contributed by atoms with Crippen LogP contribution in [0.2, 0.25) is 0 Å². The van der Waals surface area contributed by atoms with Crippen LogP contribution in [0.25, 0.3) is 22.0 Å². The molecule has 0 aliphatic heterocycles. The van der Waals surface area contributed by atoms with E-state index in [1.54, 1.807) is 0 Å². The number of furan rings is 1. The second-order valence-electron chi connectivity index (χ2n) is 4.82. The summed E-state index contributed by atoms with van der Waals surface area (Å²) in [5.74, 6) is 1.47. The molecule has 5 nitrogen and oxygen atoms in total. The molecule has 0 unspecified atom stereocenters. The van der Waals surface area contributed by atoms with Gasteiger partial charge in [0, 0.05) is 12.4 Å². The van der Waals surface area contributed by atoms with Gasteiger partial charge < -0.3 is 19.6 Å².